The fourth-order valence-electron chi connectivity index (χ4n) is 3.21. The SMILES string of the molecule is CSc1cnc(CC[C@H](C)CCc2nc3ccc(C(=O)NCc4nn[nH]n4)cc3s2)nc1. The van der Waals surface area contributed by atoms with E-state index in [-0.39, 0.29) is 12.5 Å². The van der Waals surface area contributed by atoms with Crippen molar-refractivity contribution in [2.45, 2.75) is 44.0 Å². The minimum absolute atomic E-state index is 0.173. The van der Waals surface area contributed by atoms with Crippen LogP contribution in [0.25, 0.3) is 10.2 Å². The Balaban J connectivity index is 1.28. The summed E-state index contributed by atoms with van der Waals surface area (Å²) in [6.07, 6.45) is 9.71. The van der Waals surface area contributed by atoms with Gasteiger partial charge in [0.15, 0.2) is 5.82 Å². The summed E-state index contributed by atoms with van der Waals surface area (Å²) in [5.41, 5.74) is 1.52. The van der Waals surface area contributed by atoms with Crippen molar-refractivity contribution in [2.75, 3.05) is 6.26 Å². The van der Waals surface area contributed by atoms with Crippen LogP contribution in [0, 0.1) is 5.92 Å². The molecule has 2 N–H and O–H groups in total. The Morgan fingerprint density at radius 1 is 1.19 bits per heavy atom. The molecule has 3 aromatic heterocycles. The average Bonchev–Trinajstić information content (AvgIpc) is 3.49. The van der Waals surface area contributed by atoms with Gasteiger partial charge in [-0.2, -0.15) is 5.21 Å². The summed E-state index contributed by atoms with van der Waals surface area (Å²) in [6.45, 7) is 2.49. The van der Waals surface area contributed by atoms with Crippen LogP contribution in [0.3, 0.4) is 0 Å². The Hall–Kier alpha value is -2.92. The number of thioether (sulfide) groups is 1. The number of fused-ring (bicyclic) bond motifs is 1. The molecule has 166 valence electrons. The van der Waals surface area contributed by atoms with Crippen molar-refractivity contribution in [3.63, 3.8) is 0 Å². The van der Waals surface area contributed by atoms with Crippen molar-refractivity contribution in [2.24, 2.45) is 5.92 Å². The monoisotopic (exact) mass is 468 g/mol. The van der Waals surface area contributed by atoms with Gasteiger partial charge in [0.25, 0.3) is 5.91 Å². The van der Waals surface area contributed by atoms with E-state index in [9.17, 15) is 4.79 Å². The lowest BCUT2D eigenvalue weighted by atomic mass is 10.00. The predicted octanol–water partition coefficient (Wildman–Crippen LogP) is 3.45. The van der Waals surface area contributed by atoms with Gasteiger partial charge in [-0.3, -0.25) is 4.79 Å². The standard InChI is InChI=1S/C21H24N8OS2/c1-13(3-7-18-22-10-15(31-2)11-23-18)4-8-20-25-16-6-5-14(9-17(16)32-20)21(30)24-12-19-26-28-29-27-19/h5-6,9-11,13H,3-4,7-8,12H2,1-2H3,(H,24,30)(H,26,27,28,29)/t13-/m0/s1. The Bertz CT molecular complexity index is 1160. The number of aryl methyl sites for hydroxylation is 2. The summed E-state index contributed by atoms with van der Waals surface area (Å²) >= 11 is 3.30. The molecular formula is C21H24N8OS2. The molecule has 0 saturated heterocycles. The maximum absolute atomic E-state index is 12.4. The van der Waals surface area contributed by atoms with Crippen LogP contribution >= 0.6 is 23.1 Å². The molecule has 0 fully saturated rings. The summed E-state index contributed by atoms with van der Waals surface area (Å²) in [4.78, 5) is 27.1. The molecule has 3 heterocycles. The van der Waals surface area contributed by atoms with Gasteiger partial charge in [0.1, 0.15) is 5.82 Å². The van der Waals surface area contributed by atoms with E-state index in [0.29, 0.717) is 17.3 Å². The molecule has 1 aromatic carbocycles. The number of rotatable bonds is 10. The number of H-pyrrole nitrogens is 1. The number of nitrogens with one attached hydrogen (secondary N) is 2. The smallest absolute Gasteiger partial charge is 0.251 e. The van der Waals surface area contributed by atoms with Crippen molar-refractivity contribution < 1.29 is 4.79 Å². The number of aromatic amines is 1. The van der Waals surface area contributed by atoms with Gasteiger partial charge in [0.2, 0.25) is 0 Å². The van der Waals surface area contributed by atoms with E-state index in [1.807, 2.05) is 30.8 Å². The quantitative estimate of drug-likeness (QED) is 0.339. The summed E-state index contributed by atoms with van der Waals surface area (Å²) in [5, 5.41) is 17.4. The first-order chi connectivity index (χ1) is 15.6. The van der Waals surface area contributed by atoms with Crippen molar-refractivity contribution in [1.29, 1.82) is 0 Å². The van der Waals surface area contributed by atoms with E-state index in [2.05, 4.69) is 42.8 Å². The second kappa shape index (κ2) is 10.6. The number of hydrogen-bond acceptors (Lipinski definition) is 9. The minimum Gasteiger partial charge on any atom is -0.345 e. The molecule has 1 amide bonds. The molecule has 0 spiro atoms. The van der Waals surface area contributed by atoms with Crippen molar-refractivity contribution in [3.05, 3.63) is 52.8 Å². The lowest BCUT2D eigenvalue weighted by Gasteiger charge is -2.09. The van der Waals surface area contributed by atoms with Crippen molar-refractivity contribution >= 4 is 39.2 Å². The molecule has 0 unspecified atom stereocenters. The highest BCUT2D eigenvalue weighted by Gasteiger charge is 2.12. The van der Waals surface area contributed by atoms with Crippen LogP contribution in [0.5, 0.6) is 0 Å². The molecule has 0 bridgehead atoms. The maximum atomic E-state index is 12.4. The lowest BCUT2D eigenvalue weighted by molar-refractivity contribution is 0.0950. The average molecular weight is 469 g/mol. The van der Waals surface area contributed by atoms with E-state index in [1.54, 1.807) is 29.2 Å². The first kappa shape index (κ1) is 22.3. The first-order valence-electron chi connectivity index (χ1n) is 10.4. The van der Waals surface area contributed by atoms with E-state index in [1.165, 1.54) is 0 Å². The maximum Gasteiger partial charge on any atom is 0.251 e. The van der Waals surface area contributed by atoms with E-state index in [0.717, 1.165) is 51.6 Å². The molecule has 1 atom stereocenters. The van der Waals surface area contributed by atoms with E-state index in [4.69, 9.17) is 4.98 Å². The van der Waals surface area contributed by atoms with Crippen molar-refractivity contribution in [1.82, 2.24) is 40.9 Å². The summed E-state index contributed by atoms with van der Waals surface area (Å²) in [6, 6.07) is 5.58. The molecule has 0 saturated carbocycles. The number of carbonyl (C=O) groups is 1. The largest absolute Gasteiger partial charge is 0.345 e. The van der Waals surface area contributed by atoms with Crippen molar-refractivity contribution in [3.8, 4) is 0 Å². The Morgan fingerprint density at radius 3 is 2.75 bits per heavy atom. The fraction of sp³-hybridized carbons (Fsp3) is 0.381. The molecule has 32 heavy (non-hydrogen) atoms. The summed E-state index contributed by atoms with van der Waals surface area (Å²) < 4.78 is 1.02. The molecule has 4 aromatic rings. The predicted molar refractivity (Wildman–Crippen MR) is 125 cm³/mol. The molecule has 11 heteroatoms. The molecule has 0 aliphatic heterocycles. The molecule has 0 aliphatic carbocycles. The highest BCUT2D eigenvalue weighted by atomic mass is 32.2. The second-order valence-electron chi connectivity index (χ2n) is 7.52. The normalized spacial score (nSPS) is 12.2. The van der Waals surface area contributed by atoms with Crippen LogP contribution in [-0.2, 0) is 19.4 Å². The van der Waals surface area contributed by atoms with Gasteiger partial charge in [0, 0.05) is 29.3 Å². The number of aromatic nitrogens is 7. The highest BCUT2D eigenvalue weighted by Crippen LogP contribution is 2.26. The third-order valence-electron chi connectivity index (χ3n) is 5.12. The molecule has 4 rings (SSSR count). The number of benzene rings is 1. The zero-order valence-electron chi connectivity index (χ0n) is 17.9. The summed E-state index contributed by atoms with van der Waals surface area (Å²) in [5.74, 6) is 1.72. The van der Waals surface area contributed by atoms with Crippen LogP contribution < -0.4 is 5.32 Å². The molecule has 0 aliphatic rings. The molecular weight excluding hydrogens is 444 g/mol. The van der Waals surface area contributed by atoms with Gasteiger partial charge >= 0.3 is 0 Å². The van der Waals surface area contributed by atoms with Gasteiger partial charge in [-0.15, -0.1) is 33.3 Å². The van der Waals surface area contributed by atoms with E-state index < -0.39 is 0 Å². The minimum atomic E-state index is -0.173. The number of nitrogens with zero attached hydrogens (tertiary/aromatic N) is 6. The Kier molecular flexibility index (Phi) is 7.38. The fourth-order valence-corrected chi connectivity index (χ4v) is 4.54. The van der Waals surface area contributed by atoms with Crippen LogP contribution in [-0.4, -0.2) is 47.7 Å². The number of thiazole rings is 1. The highest BCUT2D eigenvalue weighted by molar-refractivity contribution is 7.98. The number of carbonyl (C=O) groups excluding carboxylic acids is 1. The lowest BCUT2D eigenvalue weighted by Crippen LogP contribution is -2.23. The van der Waals surface area contributed by atoms with Crippen LogP contribution in [0.1, 0.15) is 46.8 Å². The second-order valence-corrected chi connectivity index (χ2v) is 9.52. The van der Waals surface area contributed by atoms with Gasteiger partial charge in [-0.05, 0) is 49.6 Å². The van der Waals surface area contributed by atoms with Crippen LogP contribution in [0.15, 0.2) is 35.5 Å². The number of tetrazole rings is 1. The van der Waals surface area contributed by atoms with E-state index >= 15 is 0 Å². The zero-order valence-corrected chi connectivity index (χ0v) is 19.5. The van der Waals surface area contributed by atoms with Gasteiger partial charge in [-0.1, -0.05) is 12.1 Å². The van der Waals surface area contributed by atoms with Crippen LogP contribution in [0.2, 0.25) is 0 Å². The third-order valence-corrected chi connectivity index (χ3v) is 6.88. The molecule has 9 nitrogen and oxygen atoms in total. The van der Waals surface area contributed by atoms with Gasteiger partial charge in [-0.25, -0.2) is 15.0 Å². The topological polar surface area (TPSA) is 122 Å². The van der Waals surface area contributed by atoms with Gasteiger partial charge in [0.05, 0.1) is 21.8 Å². The third kappa shape index (κ3) is 5.86. The first-order valence-corrected chi connectivity index (χ1v) is 12.4. The zero-order chi connectivity index (χ0) is 22.3. The van der Waals surface area contributed by atoms with Gasteiger partial charge < -0.3 is 5.32 Å². The number of hydrogen-bond donors (Lipinski definition) is 2. The molecule has 0 radical (unpaired) electrons. The Morgan fingerprint density at radius 2 is 2.00 bits per heavy atom. The van der Waals surface area contributed by atoms with Crippen LogP contribution in [0.4, 0.5) is 0 Å². The summed E-state index contributed by atoms with van der Waals surface area (Å²) in [7, 11) is 0. The Labute approximate surface area is 193 Å². The number of amides is 1.